The monoisotopic (exact) mass is 232 g/mol. The summed E-state index contributed by atoms with van der Waals surface area (Å²) in [5, 5.41) is 11.6. The molecule has 0 radical (unpaired) electrons. The molecule has 17 heavy (non-hydrogen) atoms. The predicted octanol–water partition coefficient (Wildman–Crippen LogP) is 1.31. The van der Waals surface area contributed by atoms with Gasteiger partial charge in [-0.05, 0) is 31.0 Å². The highest BCUT2D eigenvalue weighted by atomic mass is 16.4. The summed E-state index contributed by atoms with van der Waals surface area (Å²) >= 11 is 0. The minimum atomic E-state index is -0.981. The summed E-state index contributed by atoms with van der Waals surface area (Å²) < 4.78 is 0. The van der Waals surface area contributed by atoms with Crippen molar-refractivity contribution >= 4 is 23.3 Å². The van der Waals surface area contributed by atoms with Gasteiger partial charge in [-0.25, -0.2) is 4.79 Å². The number of amides is 1. The number of rotatable bonds is 2. The number of carboxylic acids is 1. The van der Waals surface area contributed by atoms with Crippen molar-refractivity contribution in [1.82, 2.24) is 0 Å². The zero-order valence-electron chi connectivity index (χ0n) is 9.14. The number of nitrogens with one attached hydrogen (secondary N) is 1. The quantitative estimate of drug-likeness (QED) is 0.806. The Morgan fingerprint density at radius 2 is 2.18 bits per heavy atom. The molecule has 0 spiro atoms. The second-order valence-electron chi connectivity index (χ2n) is 4.44. The highest BCUT2D eigenvalue weighted by Gasteiger charge is 2.34. The van der Waals surface area contributed by atoms with Gasteiger partial charge in [0, 0.05) is 6.04 Å². The van der Waals surface area contributed by atoms with Crippen molar-refractivity contribution < 1.29 is 14.7 Å². The summed E-state index contributed by atoms with van der Waals surface area (Å²) in [7, 11) is 0. The number of anilines is 2. The van der Waals surface area contributed by atoms with Gasteiger partial charge in [0.05, 0.1) is 23.5 Å². The first-order valence-electron chi connectivity index (χ1n) is 5.59. The lowest BCUT2D eigenvalue weighted by Crippen LogP contribution is -2.39. The molecule has 0 bridgehead atoms. The molecule has 1 aliphatic carbocycles. The van der Waals surface area contributed by atoms with Gasteiger partial charge in [0.25, 0.3) is 0 Å². The molecule has 1 fully saturated rings. The fourth-order valence-electron chi connectivity index (χ4n) is 2.16. The van der Waals surface area contributed by atoms with Gasteiger partial charge in [0.15, 0.2) is 0 Å². The van der Waals surface area contributed by atoms with Crippen LogP contribution in [0.15, 0.2) is 18.2 Å². The minimum absolute atomic E-state index is 0.0769. The summed E-state index contributed by atoms with van der Waals surface area (Å²) in [6.45, 7) is 0.365. The van der Waals surface area contributed by atoms with Gasteiger partial charge in [-0.1, -0.05) is 0 Å². The van der Waals surface area contributed by atoms with Crippen molar-refractivity contribution in [3.05, 3.63) is 23.8 Å². The summed E-state index contributed by atoms with van der Waals surface area (Å²) in [5.41, 5.74) is 1.73. The molecule has 1 amide bonds. The van der Waals surface area contributed by atoms with E-state index >= 15 is 0 Å². The maximum atomic E-state index is 11.5. The Kier molecular flexibility index (Phi) is 2.07. The Morgan fingerprint density at radius 1 is 1.41 bits per heavy atom. The van der Waals surface area contributed by atoms with Crippen molar-refractivity contribution in [1.29, 1.82) is 0 Å². The highest BCUT2D eigenvalue weighted by Crippen LogP contribution is 2.38. The normalized spacial score (nSPS) is 18.6. The van der Waals surface area contributed by atoms with Crippen LogP contribution < -0.4 is 10.2 Å². The lowest BCUT2D eigenvalue weighted by Gasteiger charge is -2.31. The third kappa shape index (κ3) is 1.73. The van der Waals surface area contributed by atoms with Crippen LogP contribution in [0, 0.1) is 0 Å². The summed E-state index contributed by atoms with van der Waals surface area (Å²) in [5.74, 6) is -1.06. The summed E-state index contributed by atoms with van der Waals surface area (Å²) in [4.78, 5) is 24.5. The first-order valence-corrected chi connectivity index (χ1v) is 5.59. The number of carbonyl (C=O) groups excluding carboxylic acids is 1. The van der Waals surface area contributed by atoms with Crippen molar-refractivity contribution in [3.63, 3.8) is 0 Å². The van der Waals surface area contributed by atoms with Crippen molar-refractivity contribution in [3.8, 4) is 0 Å². The third-order valence-corrected chi connectivity index (χ3v) is 3.13. The van der Waals surface area contributed by atoms with E-state index < -0.39 is 5.97 Å². The number of hydrogen-bond donors (Lipinski definition) is 2. The SMILES string of the molecule is O=C1CN(C2CC2)c2ccc(C(=O)O)cc2N1. The van der Waals surface area contributed by atoms with Crippen molar-refractivity contribution in [2.75, 3.05) is 16.8 Å². The predicted molar refractivity (Wildman–Crippen MR) is 62.4 cm³/mol. The van der Waals surface area contributed by atoms with E-state index in [-0.39, 0.29) is 11.5 Å². The first-order chi connectivity index (χ1) is 8.15. The molecule has 0 unspecified atom stereocenters. The van der Waals surface area contributed by atoms with Crippen LogP contribution in [-0.2, 0) is 4.79 Å². The molecule has 1 aliphatic heterocycles. The van der Waals surface area contributed by atoms with Crippen molar-refractivity contribution in [2.24, 2.45) is 0 Å². The van der Waals surface area contributed by atoms with Gasteiger partial charge in [0.2, 0.25) is 5.91 Å². The number of nitrogens with zero attached hydrogens (tertiary/aromatic N) is 1. The minimum Gasteiger partial charge on any atom is -0.478 e. The van der Waals surface area contributed by atoms with Gasteiger partial charge in [0.1, 0.15) is 0 Å². The van der Waals surface area contributed by atoms with E-state index in [0.29, 0.717) is 18.3 Å². The molecule has 5 nitrogen and oxygen atoms in total. The highest BCUT2D eigenvalue weighted by molar-refractivity contribution is 6.03. The average Bonchev–Trinajstić information content (AvgIpc) is 3.10. The molecule has 0 atom stereocenters. The van der Waals surface area contributed by atoms with Crippen LogP contribution in [0.4, 0.5) is 11.4 Å². The third-order valence-electron chi connectivity index (χ3n) is 3.13. The van der Waals surface area contributed by atoms with Crippen LogP contribution in [0.25, 0.3) is 0 Å². The Balaban J connectivity index is 2.03. The van der Waals surface area contributed by atoms with Crippen LogP contribution in [0.1, 0.15) is 23.2 Å². The maximum absolute atomic E-state index is 11.5. The molecule has 0 saturated heterocycles. The van der Waals surface area contributed by atoms with Crippen LogP contribution >= 0.6 is 0 Å². The largest absolute Gasteiger partial charge is 0.478 e. The first kappa shape index (κ1) is 10.1. The second kappa shape index (κ2) is 3.48. The van der Waals surface area contributed by atoms with Crippen molar-refractivity contribution in [2.45, 2.75) is 18.9 Å². The van der Waals surface area contributed by atoms with E-state index in [1.807, 2.05) is 0 Å². The number of benzene rings is 1. The summed E-state index contributed by atoms with van der Waals surface area (Å²) in [6, 6.07) is 5.31. The standard InChI is InChI=1S/C12H12N2O3/c15-11-6-14(8-2-3-8)10-4-1-7(12(16)17)5-9(10)13-11/h1,4-5,8H,2-3,6H2,(H,13,15)(H,16,17). The Morgan fingerprint density at radius 3 is 2.82 bits per heavy atom. The van der Waals surface area contributed by atoms with Gasteiger partial charge in [-0.3, -0.25) is 4.79 Å². The van der Waals surface area contributed by atoms with Gasteiger partial charge in [-0.2, -0.15) is 0 Å². The molecule has 0 aromatic heterocycles. The molecule has 1 heterocycles. The molecular formula is C12H12N2O3. The Hall–Kier alpha value is -2.04. The molecule has 1 aromatic carbocycles. The van der Waals surface area contributed by atoms with Gasteiger partial charge in [-0.15, -0.1) is 0 Å². The lowest BCUT2D eigenvalue weighted by atomic mass is 10.1. The number of carboxylic acid groups (broad SMARTS) is 1. The van der Waals surface area contributed by atoms with E-state index in [2.05, 4.69) is 10.2 Å². The molecule has 2 aliphatic rings. The van der Waals surface area contributed by atoms with E-state index in [1.165, 1.54) is 6.07 Å². The molecule has 3 rings (SSSR count). The van der Waals surface area contributed by atoms with Crippen LogP contribution in [0.5, 0.6) is 0 Å². The Labute approximate surface area is 98.0 Å². The number of aromatic carboxylic acids is 1. The maximum Gasteiger partial charge on any atom is 0.335 e. The average molecular weight is 232 g/mol. The zero-order chi connectivity index (χ0) is 12.0. The van der Waals surface area contributed by atoms with E-state index in [1.54, 1.807) is 12.1 Å². The van der Waals surface area contributed by atoms with E-state index in [0.717, 1.165) is 18.5 Å². The van der Waals surface area contributed by atoms with Crippen LogP contribution in [0.2, 0.25) is 0 Å². The number of hydrogen-bond acceptors (Lipinski definition) is 3. The van der Waals surface area contributed by atoms with Gasteiger partial charge >= 0.3 is 5.97 Å². The lowest BCUT2D eigenvalue weighted by molar-refractivity contribution is -0.115. The number of fused-ring (bicyclic) bond motifs is 1. The zero-order valence-corrected chi connectivity index (χ0v) is 9.14. The summed E-state index contributed by atoms with van der Waals surface area (Å²) in [6.07, 6.45) is 2.21. The molecular weight excluding hydrogens is 220 g/mol. The molecule has 2 N–H and O–H groups in total. The van der Waals surface area contributed by atoms with E-state index in [9.17, 15) is 9.59 Å². The van der Waals surface area contributed by atoms with Crippen LogP contribution in [0.3, 0.4) is 0 Å². The molecule has 1 aromatic rings. The molecule has 88 valence electrons. The number of carbonyl (C=O) groups is 2. The van der Waals surface area contributed by atoms with Crippen LogP contribution in [-0.4, -0.2) is 29.6 Å². The van der Waals surface area contributed by atoms with E-state index in [4.69, 9.17) is 5.11 Å². The molecule has 1 saturated carbocycles. The smallest absolute Gasteiger partial charge is 0.335 e. The fourth-order valence-corrected chi connectivity index (χ4v) is 2.16. The Bertz CT molecular complexity index is 508. The molecule has 5 heteroatoms. The fraction of sp³-hybridized carbons (Fsp3) is 0.333. The second-order valence-corrected chi connectivity index (χ2v) is 4.44. The topological polar surface area (TPSA) is 69.6 Å². The van der Waals surface area contributed by atoms with Gasteiger partial charge < -0.3 is 15.3 Å².